The standard InChI is InChI=1S/C17H24N2O/c1-5-19(17-9-7-6-8-13(17)2)12-16-10-15(11-18-4)14(3)20-16/h6-10,18H,5,11-12H2,1-4H3. The van der Waals surface area contributed by atoms with Crippen molar-refractivity contribution in [1.82, 2.24) is 5.32 Å². The van der Waals surface area contributed by atoms with Crippen LogP contribution in [0.2, 0.25) is 0 Å². The highest BCUT2D eigenvalue weighted by molar-refractivity contribution is 5.53. The molecule has 3 heteroatoms. The molecule has 20 heavy (non-hydrogen) atoms. The number of nitrogens with zero attached hydrogens (tertiary/aromatic N) is 1. The summed E-state index contributed by atoms with van der Waals surface area (Å²) in [6.07, 6.45) is 0. The average molecular weight is 272 g/mol. The minimum Gasteiger partial charge on any atom is -0.464 e. The van der Waals surface area contributed by atoms with Crippen molar-refractivity contribution in [3.05, 3.63) is 53.0 Å². The van der Waals surface area contributed by atoms with Crippen LogP contribution in [0.1, 0.15) is 29.6 Å². The minimum atomic E-state index is 0.811. The van der Waals surface area contributed by atoms with E-state index in [2.05, 4.69) is 54.4 Å². The third-order valence-electron chi connectivity index (χ3n) is 3.62. The molecule has 0 saturated heterocycles. The van der Waals surface area contributed by atoms with E-state index in [1.165, 1.54) is 16.8 Å². The van der Waals surface area contributed by atoms with Gasteiger partial charge in [0.05, 0.1) is 6.54 Å². The number of anilines is 1. The van der Waals surface area contributed by atoms with Crippen molar-refractivity contribution in [2.75, 3.05) is 18.5 Å². The van der Waals surface area contributed by atoms with E-state index in [-0.39, 0.29) is 0 Å². The van der Waals surface area contributed by atoms with Crippen molar-refractivity contribution in [2.45, 2.75) is 33.9 Å². The molecule has 1 aromatic carbocycles. The number of para-hydroxylation sites is 1. The zero-order valence-corrected chi connectivity index (χ0v) is 12.9. The molecule has 1 aromatic heterocycles. The average Bonchev–Trinajstić information content (AvgIpc) is 2.78. The molecular formula is C17H24N2O. The van der Waals surface area contributed by atoms with Crippen LogP contribution in [0.5, 0.6) is 0 Å². The highest BCUT2D eigenvalue weighted by Crippen LogP contribution is 2.23. The highest BCUT2D eigenvalue weighted by Gasteiger charge is 2.12. The predicted octanol–water partition coefficient (Wildman–Crippen LogP) is 3.64. The Morgan fingerprint density at radius 3 is 2.60 bits per heavy atom. The van der Waals surface area contributed by atoms with E-state index in [0.29, 0.717) is 0 Å². The van der Waals surface area contributed by atoms with Gasteiger partial charge in [-0.3, -0.25) is 0 Å². The second-order valence-corrected chi connectivity index (χ2v) is 5.13. The minimum absolute atomic E-state index is 0.811. The number of benzene rings is 1. The van der Waals surface area contributed by atoms with Gasteiger partial charge in [-0.05, 0) is 45.5 Å². The van der Waals surface area contributed by atoms with Crippen LogP contribution >= 0.6 is 0 Å². The van der Waals surface area contributed by atoms with Gasteiger partial charge in [0, 0.05) is 24.3 Å². The van der Waals surface area contributed by atoms with E-state index in [0.717, 1.165) is 31.2 Å². The summed E-state index contributed by atoms with van der Waals surface area (Å²) < 4.78 is 5.88. The maximum atomic E-state index is 5.88. The van der Waals surface area contributed by atoms with Gasteiger partial charge in [-0.1, -0.05) is 18.2 Å². The Kier molecular flexibility index (Phi) is 4.85. The lowest BCUT2D eigenvalue weighted by Crippen LogP contribution is -2.22. The molecule has 0 radical (unpaired) electrons. The SMILES string of the molecule is CCN(Cc1cc(CNC)c(C)o1)c1ccccc1C. The Balaban J connectivity index is 2.18. The summed E-state index contributed by atoms with van der Waals surface area (Å²) in [7, 11) is 1.96. The topological polar surface area (TPSA) is 28.4 Å². The Labute approximate surface area is 121 Å². The third kappa shape index (κ3) is 3.23. The molecule has 0 bridgehead atoms. The molecule has 1 N–H and O–H groups in total. The molecule has 0 unspecified atom stereocenters. The zero-order chi connectivity index (χ0) is 14.5. The van der Waals surface area contributed by atoms with Crippen molar-refractivity contribution in [3.8, 4) is 0 Å². The molecule has 0 spiro atoms. The molecule has 2 aromatic rings. The Morgan fingerprint density at radius 2 is 1.95 bits per heavy atom. The second-order valence-electron chi connectivity index (χ2n) is 5.13. The second kappa shape index (κ2) is 6.62. The molecule has 108 valence electrons. The fraction of sp³-hybridized carbons (Fsp3) is 0.412. The Morgan fingerprint density at radius 1 is 1.20 bits per heavy atom. The van der Waals surface area contributed by atoms with E-state index in [1.54, 1.807) is 0 Å². The van der Waals surface area contributed by atoms with Crippen molar-refractivity contribution >= 4 is 5.69 Å². The summed E-state index contributed by atoms with van der Waals surface area (Å²) in [5, 5.41) is 3.17. The summed E-state index contributed by atoms with van der Waals surface area (Å²) in [5.41, 5.74) is 3.82. The zero-order valence-electron chi connectivity index (χ0n) is 12.9. The largest absolute Gasteiger partial charge is 0.464 e. The number of aryl methyl sites for hydroxylation is 2. The van der Waals surface area contributed by atoms with Crippen LogP contribution in [0.3, 0.4) is 0 Å². The molecule has 2 rings (SSSR count). The van der Waals surface area contributed by atoms with Crippen molar-refractivity contribution in [2.24, 2.45) is 0 Å². The maximum absolute atomic E-state index is 5.88. The normalized spacial score (nSPS) is 10.8. The maximum Gasteiger partial charge on any atom is 0.123 e. The van der Waals surface area contributed by atoms with Gasteiger partial charge < -0.3 is 14.6 Å². The van der Waals surface area contributed by atoms with Gasteiger partial charge in [0.15, 0.2) is 0 Å². The van der Waals surface area contributed by atoms with Gasteiger partial charge >= 0.3 is 0 Å². The van der Waals surface area contributed by atoms with Gasteiger partial charge in [0.2, 0.25) is 0 Å². The molecule has 0 atom stereocenters. The van der Waals surface area contributed by atoms with E-state index >= 15 is 0 Å². The first-order chi connectivity index (χ1) is 9.65. The Bertz CT molecular complexity index is 560. The lowest BCUT2D eigenvalue weighted by Gasteiger charge is -2.23. The van der Waals surface area contributed by atoms with Crippen LogP contribution in [-0.2, 0) is 13.1 Å². The number of hydrogen-bond acceptors (Lipinski definition) is 3. The Hall–Kier alpha value is -1.74. The molecule has 1 heterocycles. The molecule has 0 aliphatic carbocycles. The van der Waals surface area contributed by atoms with Crippen molar-refractivity contribution in [1.29, 1.82) is 0 Å². The molecule has 0 aliphatic rings. The summed E-state index contributed by atoms with van der Waals surface area (Å²) in [4.78, 5) is 2.34. The van der Waals surface area contributed by atoms with Crippen LogP contribution < -0.4 is 10.2 Å². The van der Waals surface area contributed by atoms with E-state index in [9.17, 15) is 0 Å². The summed E-state index contributed by atoms with van der Waals surface area (Å²) >= 11 is 0. The van der Waals surface area contributed by atoms with Crippen LogP contribution in [0, 0.1) is 13.8 Å². The summed E-state index contributed by atoms with van der Waals surface area (Å²) in [6.45, 7) is 8.98. The third-order valence-corrected chi connectivity index (χ3v) is 3.62. The van der Waals surface area contributed by atoms with Gasteiger partial charge in [-0.2, -0.15) is 0 Å². The number of hydrogen-bond donors (Lipinski definition) is 1. The fourth-order valence-electron chi connectivity index (χ4n) is 2.51. The molecule has 0 amide bonds. The molecule has 0 fully saturated rings. The lowest BCUT2D eigenvalue weighted by atomic mass is 10.1. The first-order valence-corrected chi connectivity index (χ1v) is 7.19. The lowest BCUT2D eigenvalue weighted by molar-refractivity contribution is 0.475. The van der Waals surface area contributed by atoms with Crippen LogP contribution in [0.25, 0.3) is 0 Å². The predicted molar refractivity (Wildman–Crippen MR) is 84.1 cm³/mol. The summed E-state index contributed by atoms with van der Waals surface area (Å²) in [5.74, 6) is 2.04. The highest BCUT2D eigenvalue weighted by atomic mass is 16.3. The van der Waals surface area contributed by atoms with Gasteiger partial charge in [-0.25, -0.2) is 0 Å². The van der Waals surface area contributed by atoms with Crippen LogP contribution in [0.4, 0.5) is 5.69 Å². The first-order valence-electron chi connectivity index (χ1n) is 7.19. The van der Waals surface area contributed by atoms with Gasteiger partial charge in [0.1, 0.15) is 11.5 Å². The molecular weight excluding hydrogens is 248 g/mol. The van der Waals surface area contributed by atoms with E-state index < -0.39 is 0 Å². The first kappa shape index (κ1) is 14.7. The van der Waals surface area contributed by atoms with Crippen LogP contribution in [-0.4, -0.2) is 13.6 Å². The van der Waals surface area contributed by atoms with E-state index in [1.807, 2.05) is 14.0 Å². The van der Waals surface area contributed by atoms with Crippen molar-refractivity contribution in [3.63, 3.8) is 0 Å². The number of nitrogens with one attached hydrogen (secondary N) is 1. The quantitative estimate of drug-likeness (QED) is 0.870. The number of furan rings is 1. The summed E-state index contributed by atoms with van der Waals surface area (Å²) in [6, 6.07) is 10.6. The monoisotopic (exact) mass is 272 g/mol. The van der Waals surface area contributed by atoms with Gasteiger partial charge in [0.25, 0.3) is 0 Å². The molecule has 3 nitrogen and oxygen atoms in total. The van der Waals surface area contributed by atoms with Crippen LogP contribution in [0.15, 0.2) is 34.7 Å². The fourth-order valence-corrected chi connectivity index (χ4v) is 2.51. The van der Waals surface area contributed by atoms with Gasteiger partial charge in [-0.15, -0.1) is 0 Å². The van der Waals surface area contributed by atoms with Crippen molar-refractivity contribution < 1.29 is 4.42 Å². The smallest absolute Gasteiger partial charge is 0.123 e. The number of rotatable bonds is 6. The molecule has 0 aliphatic heterocycles. The molecule has 0 saturated carbocycles. The van der Waals surface area contributed by atoms with E-state index in [4.69, 9.17) is 4.42 Å².